The smallest absolute Gasteiger partial charge is 0.226 e. The summed E-state index contributed by atoms with van der Waals surface area (Å²) in [5.41, 5.74) is 4.97. The number of halogens is 1. The van der Waals surface area contributed by atoms with Crippen molar-refractivity contribution in [3.05, 3.63) is 101 Å². The molecular weight excluding hydrogens is 442 g/mol. The van der Waals surface area contributed by atoms with Crippen LogP contribution in [0.4, 0.5) is 5.95 Å². The standard InChI is InChI=1S/C24H18ClN5OS/c1-32-17-7-4-14(5-8-17)23-20-21(18-11-16(25)6-9-19(18)31-23)29-24-27-13-28-30(24)22(20)15-3-2-10-26-12-15/h2-13,22-23H,1H3,(H,27,28,29). The molecule has 2 aromatic carbocycles. The van der Waals surface area contributed by atoms with Crippen molar-refractivity contribution in [2.75, 3.05) is 11.6 Å². The zero-order valence-corrected chi connectivity index (χ0v) is 18.6. The summed E-state index contributed by atoms with van der Waals surface area (Å²) in [6, 6.07) is 18.0. The molecule has 1 N–H and O–H groups in total. The van der Waals surface area contributed by atoms with Gasteiger partial charge in [0.05, 0.1) is 5.70 Å². The lowest BCUT2D eigenvalue weighted by Crippen LogP contribution is -2.32. The fourth-order valence-corrected chi connectivity index (χ4v) is 4.93. The molecule has 2 unspecified atom stereocenters. The molecule has 2 aromatic heterocycles. The molecule has 2 atom stereocenters. The van der Waals surface area contributed by atoms with Gasteiger partial charge in [0.2, 0.25) is 5.95 Å². The molecule has 158 valence electrons. The maximum Gasteiger partial charge on any atom is 0.226 e. The van der Waals surface area contributed by atoms with Gasteiger partial charge in [-0.3, -0.25) is 4.98 Å². The van der Waals surface area contributed by atoms with Gasteiger partial charge < -0.3 is 10.1 Å². The van der Waals surface area contributed by atoms with Gasteiger partial charge in [-0.1, -0.05) is 29.8 Å². The van der Waals surface area contributed by atoms with Gasteiger partial charge in [0.25, 0.3) is 0 Å². The molecule has 32 heavy (non-hydrogen) atoms. The van der Waals surface area contributed by atoms with Crippen LogP contribution in [0.5, 0.6) is 5.75 Å². The predicted molar refractivity (Wildman–Crippen MR) is 126 cm³/mol. The lowest BCUT2D eigenvalue weighted by Gasteiger charge is -2.38. The highest BCUT2D eigenvalue weighted by atomic mass is 35.5. The maximum atomic E-state index is 6.61. The van der Waals surface area contributed by atoms with E-state index in [2.05, 4.69) is 57.0 Å². The zero-order chi connectivity index (χ0) is 21.7. The Bertz CT molecular complexity index is 1340. The minimum atomic E-state index is -0.315. The van der Waals surface area contributed by atoms with E-state index in [9.17, 15) is 0 Å². The molecular formula is C24H18ClN5OS. The van der Waals surface area contributed by atoms with Crippen molar-refractivity contribution in [2.24, 2.45) is 0 Å². The fraction of sp³-hybridized carbons (Fsp3) is 0.125. The number of hydrogen-bond donors (Lipinski definition) is 1. The van der Waals surface area contributed by atoms with E-state index in [1.807, 2.05) is 35.1 Å². The highest BCUT2D eigenvalue weighted by molar-refractivity contribution is 7.98. The Balaban J connectivity index is 1.61. The summed E-state index contributed by atoms with van der Waals surface area (Å²) in [6.45, 7) is 0. The summed E-state index contributed by atoms with van der Waals surface area (Å²) in [5, 5.41) is 8.67. The Kier molecular flexibility index (Phi) is 4.66. The van der Waals surface area contributed by atoms with Crippen molar-refractivity contribution in [1.29, 1.82) is 0 Å². The van der Waals surface area contributed by atoms with Crippen LogP contribution in [0.2, 0.25) is 5.02 Å². The molecule has 0 aliphatic carbocycles. The third-order valence-electron chi connectivity index (χ3n) is 5.79. The van der Waals surface area contributed by atoms with Gasteiger partial charge in [-0.25, -0.2) is 4.68 Å². The second kappa shape index (κ2) is 7.69. The van der Waals surface area contributed by atoms with Crippen LogP contribution in [0.15, 0.2) is 83.8 Å². The first-order valence-corrected chi connectivity index (χ1v) is 11.7. The second-order valence-corrected chi connectivity index (χ2v) is 8.90. The van der Waals surface area contributed by atoms with Gasteiger partial charge in [-0.15, -0.1) is 11.8 Å². The molecule has 0 spiro atoms. The number of anilines is 1. The molecule has 4 aromatic rings. The monoisotopic (exact) mass is 459 g/mol. The van der Waals surface area contributed by atoms with Crippen LogP contribution >= 0.6 is 23.4 Å². The van der Waals surface area contributed by atoms with Crippen LogP contribution in [0.25, 0.3) is 5.70 Å². The first kappa shape index (κ1) is 19.4. The number of pyridine rings is 1. The molecule has 8 heteroatoms. The van der Waals surface area contributed by atoms with Gasteiger partial charge in [0.15, 0.2) is 0 Å². The summed E-state index contributed by atoms with van der Waals surface area (Å²) < 4.78 is 8.50. The van der Waals surface area contributed by atoms with Crippen LogP contribution in [-0.4, -0.2) is 26.0 Å². The van der Waals surface area contributed by atoms with Crippen molar-refractivity contribution in [2.45, 2.75) is 17.0 Å². The lowest BCUT2D eigenvalue weighted by atomic mass is 9.85. The van der Waals surface area contributed by atoms with E-state index in [0.717, 1.165) is 33.7 Å². The average molecular weight is 460 g/mol. The quantitative estimate of drug-likeness (QED) is 0.402. The molecule has 6 rings (SSSR count). The molecule has 2 aliphatic rings. The largest absolute Gasteiger partial charge is 0.480 e. The number of nitrogens with one attached hydrogen (secondary N) is 1. The maximum absolute atomic E-state index is 6.61. The number of rotatable bonds is 3. The van der Waals surface area contributed by atoms with Crippen molar-refractivity contribution >= 4 is 35.0 Å². The zero-order valence-electron chi connectivity index (χ0n) is 17.1. The summed E-state index contributed by atoms with van der Waals surface area (Å²) in [7, 11) is 0. The SMILES string of the molecule is CSc1ccc(C2Oc3ccc(Cl)cc3C3=C2C(c2cccnc2)n2ncnc2N3)cc1. The highest BCUT2D eigenvalue weighted by Crippen LogP contribution is 2.50. The molecule has 6 nitrogen and oxygen atoms in total. The van der Waals surface area contributed by atoms with Gasteiger partial charge >= 0.3 is 0 Å². The summed E-state index contributed by atoms with van der Waals surface area (Å²) in [6.07, 6.45) is 6.96. The number of fused-ring (bicyclic) bond motifs is 3. The molecule has 0 saturated heterocycles. The molecule has 0 amide bonds. The lowest BCUT2D eigenvalue weighted by molar-refractivity contribution is 0.223. The number of nitrogens with zero attached hydrogens (tertiary/aromatic N) is 4. The Hall–Kier alpha value is -3.29. The molecule has 4 heterocycles. The Morgan fingerprint density at radius 3 is 2.75 bits per heavy atom. The van der Waals surface area contributed by atoms with Gasteiger partial charge in [-0.2, -0.15) is 10.1 Å². The molecule has 0 radical (unpaired) electrons. The minimum absolute atomic E-state index is 0.227. The van der Waals surface area contributed by atoms with E-state index in [4.69, 9.17) is 16.3 Å². The van der Waals surface area contributed by atoms with Crippen LogP contribution in [0, 0.1) is 0 Å². The number of aromatic nitrogens is 4. The van der Waals surface area contributed by atoms with E-state index >= 15 is 0 Å². The van der Waals surface area contributed by atoms with E-state index in [0.29, 0.717) is 11.0 Å². The van der Waals surface area contributed by atoms with Crippen molar-refractivity contribution < 1.29 is 4.74 Å². The summed E-state index contributed by atoms with van der Waals surface area (Å²) in [5.74, 6) is 1.44. The van der Waals surface area contributed by atoms with Gasteiger partial charge in [0.1, 0.15) is 24.2 Å². The summed E-state index contributed by atoms with van der Waals surface area (Å²) in [4.78, 5) is 10.0. The first-order valence-electron chi connectivity index (χ1n) is 10.1. The van der Waals surface area contributed by atoms with E-state index in [1.165, 1.54) is 4.90 Å². The highest BCUT2D eigenvalue weighted by Gasteiger charge is 2.41. The molecule has 0 bridgehead atoms. The number of benzene rings is 2. The topological polar surface area (TPSA) is 64.9 Å². The fourth-order valence-electron chi connectivity index (χ4n) is 4.35. The first-order chi connectivity index (χ1) is 15.7. The molecule has 2 aliphatic heterocycles. The predicted octanol–water partition coefficient (Wildman–Crippen LogP) is 5.61. The van der Waals surface area contributed by atoms with Crippen molar-refractivity contribution in [1.82, 2.24) is 19.7 Å². The second-order valence-electron chi connectivity index (χ2n) is 7.58. The Morgan fingerprint density at radius 1 is 1.09 bits per heavy atom. The third-order valence-corrected chi connectivity index (χ3v) is 6.77. The number of thioether (sulfide) groups is 1. The normalized spacial score (nSPS) is 18.8. The number of ether oxygens (including phenoxy) is 1. The third kappa shape index (κ3) is 3.08. The minimum Gasteiger partial charge on any atom is -0.480 e. The van der Waals surface area contributed by atoms with Crippen molar-refractivity contribution in [3.8, 4) is 5.75 Å². The van der Waals surface area contributed by atoms with E-state index in [1.54, 1.807) is 24.3 Å². The molecule has 0 fully saturated rings. The van der Waals surface area contributed by atoms with Crippen LogP contribution in [0.1, 0.15) is 28.8 Å². The Morgan fingerprint density at radius 2 is 1.97 bits per heavy atom. The van der Waals surface area contributed by atoms with Gasteiger partial charge in [-0.05, 0) is 53.8 Å². The van der Waals surface area contributed by atoms with Crippen molar-refractivity contribution in [3.63, 3.8) is 0 Å². The van der Waals surface area contributed by atoms with Gasteiger partial charge in [0, 0.05) is 33.4 Å². The molecule has 0 saturated carbocycles. The van der Waals surface area contributed by atoms with Crippen LogP contribution < -0.4 is 10.1 Å². The van der Waals surface area contributed by atoms with Crippen LogP contribution in [-0.2, 0) is 0 Å². The van der Waals surface area contributed by atoms with E-state index in [-0.39, 0.29) is 12.1 Å². The summed E-state index contributed by atoms with van der Waals surface area (Å²) >= 11 is 8.09. The average Bonchev–Trinajstić information content (AvgIpc) is 3.31. The number of hydrogen-bond acceptors (Lipinski definition) is 6. The Labute approximate surface area is 194 Å². The van der Waals surface area contributed by atoms with E-state index < -0.39 is 0 Å². The van der Waals surface area contributed by atoms with Crippen LogP contribution in [0.3, 0.4) is 0 Å².